The Kier molecular flexibility index (Phi) is 16.4. The highest BCUT2D eigenvalue weighted by Gasteiger charge is 2.29. The van der Waals surface area contributed by atoms with E-state index in [0.717, 1.165) is 0 Å². The van der Waals surface area contributed by atoms with Gasteiger partial charge < -0.3 is 37.6 Å². The first-order valence-corrected chi connectivity index (χ1v) is 12.5. The van der Waals surface area contributed by atoms with E-state index >= 15 is 0 Å². The topological polar surface area (TPSA) is 214 Å². The molecule has 14 heteroatoms. The van der Waals surface area contributed by atoms with Crippen molar-refractivity contribution in [3.8, 4) is 0 Å². The van der Waals surface area contributed by atoms with Gasteiger partial charge in [-0.2, -0.15) is 24.4 Å². The molecule has 0 saturated heterocycles. The number of nitrogens with one attached hydrogen (secondary N) is 3. The lowest BCUT2D eigenvalue weighted by Crippen LogP contribution is -2.57. The van der Waals surface area contributed by atoms with Gasteiger partial charge in [0.05, 0.1) is 6.04 Å². The van der Waals surface area contributed by atoms with Crippen LogP contribution in [0, 0.1) is 0 Å². The molecule has 0 rings (SSSR count). The Balaban J connectivity index is 5.35. The first-order chi connectivity index (χ1) is 15.6. The zero-order valence-corrected chi connectivity index (χ0v) is 20.3. The fraction of sp³-hybridized carbons (Fsp3) is 0.737. The van der Waals surface area contributed by atoms with Crippen molar-refractivity contribution in [3.05, 3.63) is 0 Å². The lowest BCUT2D eigenvalue weighted by atomic mass is 10.1. The van der Waals surface area contributed by atoms with Crippen LogP contribution in [0.5, 0.6) is 0 Å². The Morgan fingerprint density at radius 1 is 0.879 bits per heavy atom. The quantitative estimate of drug-likeness (QED) is 0.0793. The van der Waals surface area contributed by atoms with E-state index in [1.807, 2.05) is 6.26 Å². The van der Waals surface area contributed by atoms with E-state index in [1.165, 1.54) is 11.8 Å². The molecule has 4 unspecified atom stereocenters. The number of unbranched alkanes of at least 4 members (excludes halogenated alkanes) is 1. The largest absolute Gasteiger partial charge is 0.481 e. The molecule has 0 aliphatic rings. The molecule has 0 spiro atoms. The highest BCUT2D eigenvalue weighted by atomic mass is 32.2. The molecular weight excluding hydrogens is 474 g/mol. The summed E-state index contributed by atoms with van der Waals surface area (Å²) in [6.45, 7) is 0.388. The fourth-order valence-corrected chi connectivity index (χ4v) is 3.40. The molecular formula is C19H35N5O7S2. The van der Waals surface area contributed by atoms with Gasteiger partial charge in [0.1, 0.15) is 18.1 Å². The third-order valence-electron chi connectivity index (χ3n) is 4.63. The molecule has 9 N–H and O–H groups in total. The number of nitrogens with two attached hydrogens (primary N) is 2. The Hall–Kier alpha value is -2.03. The first-order valence-electron chi connectivity index (χ1n) is 10.5. The normalized spacial score (nSPS) is 14.4. The highest BCUT2D eigenvalue weighted by molar-refractivity contribution is 7.98. The van der Waals surface area contributed by atoms with Gasteiger partial charge in [-0.3, -0.25) is 19.2 Å². The summed E-state index contributed by atoms with van der Waals surface area (Å²) >= 11 is 5.35. The smallest absolute Gasteiger partial charge is 0.327 e. The Bertz CT molecular complexity index is 668. The van der Waals surface area contributed by atoms with Gasteiger partial charge in [0.25, 0.3) is 0 Å². The molecule has 0 aromatic rings. The maximum atomic E-state index is 12.9. The van der Waals surface area contributed by atoms with Gasteiger partial charge in [0.2, 0.25) is 17.7 Å². The predicted molar refractivity (Wildman–Crippen MR) is 128 cm³/mol. The SMILES string of the molecule is CSCCC(NC(=O)C(CCCCN)NC(=O)C(N)CCC(=O)O)C(=O)NC(CS)C(=O)O. The van der Waals surface area contributed by atoms with Gasteiger partial charge >= 0.3 is 11.9 Å². The average molecular weight is 510 g/mol. The second-order valence-electron chi connectivity index (χ2n) is 7.31. The van der Waals surface area contributed by atoms with Crippen molar-refractivity contribution in [1.82, 2.24) is 16.0 Å². The summed E-state index contributed by atoms with van der Waals surface area (Å²) in [7, 11) is 0. The molecule has 0 fully saturated rings. The Morgan fingerprint density at radius 3 is 1.91 bits per heavy atom. The van der Waals surface area contributed by atoms with Gasteiger partial charge in [-0.1, -0.05) is 0 Å². The van der Waals surface area contributed by atoms with E-state index < -0.39 is 53.8 Å². The number of aliphatic carboxylic acids is 2. The second-order valence-corrected chi connectivity index (χ2v) is 8.66. The van der Waals surface area contributed by atoms with Crippen LogP contribution in [0.15, 0.2) is 0 Å². The number of hydrogen-bond donors (Lipinski definition) is 8. The minimum atomic E-state index is -1.25. The number of thiol groups is 1. The van der Waals surface area contributed by atoms with Crippen LogP contribution in [-0.2, 0) is 24.0 Å². The number of hydrogen-bond acceptors (Lipinski definition) is 9. The standard InChI is InChI=1S/C19H35N5O7S2/c1-33-9-7-13(18(29)24-14(10-32)19(30)31)23-17(28)12(4-2-3-8-20)22-16(27)11(21)5-6-15(25)26/h11-14,32H,2-10,20-21H2,1H3,(H,22,27)(H,23,28)(H,24,29)(H,25,26)(H,30,31). The first kappa shape index (κ1) is 31.0. The van der Waals surface area contributed by atoms with E-state index in [1.54, 1.807) is 0 Å². The number of carbonyl (C=O) groups excluding carboxylic acids is 3. The summed E-state index contributed by atoms with van der Waals surface area (Å²) in [4.78, 5) is 59.8. The predicted octanol–water partition coefficient (Wildman–Crippen LogP) is -1.47. The maximum Gasteiger partial charge on any atom is 0.327 e. The Labute approximate surface area is 202 Å². The maximum absolute atomic E-state index is 12.9. The summed E-state index contributed by atoms with van der Waals surface area (Å²) in [6.07, 6.45) is 3.00. The zero-order chi connectivity index (χ0) is 25.4. The number of carbonyl (C=O) groups is 5. The van der Waals surface area contributed by atoms with Crippen LogP contribution >= 0.6 is 24.4 Å². The number of amides is 3. The molecule has 0 aromatic heterocycles. The molecule has 0 saturated carbocycles. The summed E-state index contributed by atoms with van der Waals surface area (Å²) < 4.78 is 0. The lowest BCUT2D eigenvalue weighted by Gasteiger charge is -2.25. The van der Waals surface area contributed by atoms with Crippen LogP contribution in [0.3, 0.4) is 0 Å². The Morgan fingerprint density at radius 2 is 1.42 bits per heavy atom. The van der Waals surface area contributed by atoms with Crippen molar-refractivity contribution in [2.75, 3.05) is 24.3 Å². The van der Waals surface area contributed by atoms with E-state index in [9.17, 15) is 24.0 Å². The number of carboxylic acids is 2. The molecule has 12 nitrogen and oxygen atoms in total. The molecule has 0 aliphatic carbocycles. The minimum Gasteiger partial charge on any atom is -0.481 e. The van der Waals surface area contributed by atoms with Crippen LogP contribution in [0.2, 0.25) is 0 Å². The number of rotatable bonds is 18. The van der Waals surface area contributed by atoms with Gasteiger partial charge in [0.15, 0.2) is 0 Å². The monoisotopic (exact) mass is 509 g/mol. The molecule has 190 valence electrons. The van der Waals surface area contributed by atoms with Crippen LogP contribution in [0.4, 0.5) is 0 Å². The highest BCUT2D eigenvalue weighted by Crippen LogP contribution is 2.07. The third kappa shape index (κ3) is 13.3. The molecule has 4 atom stereocenters. The van der Waals surface area contributed by atoms with E-state index in [2.05, 4.69) is 28.6 Å². The molecule has 0 radical (unpaired) electrons. The van der Waals surface area contributed by atoms with E-state index in [0.29, 0.717) is 25.1 Å². The third-order valence-corrected chi connectivity index (χ3v) is 5.64. The van der Waals surface area contributed by atoms with Gasteiger partial charge in [-0.25, -0.2) is 4.79 Å². The second kappa shape index (κ2) is 17.4. The molecule has 0 bridgehead atoms. The zero-order valence-electron chi connectivity index (χ0n) is 18.6. The number of carboxylic acid groups (broad SMARTS) is 2. The molecule has 0 heterocycles. The summed E-state index contributed by atoms with van der Waals surface area (Å²) in [5.41, 5.74) is 11.2. The fourth-order valence-electron chi connectivity index (χ4n) is 2.69. The summed E-state index contributed by atoms with van der Waals surface area (Å²) in [5, 5.41) is 25.3. The average Bonchev–Trinajstić information content (AvgIpc) is 2.77. The van der Waals surface area contributed by atoms with Crippen molar-refractivity contribution < 1.29 is 34.2 Å². The van der Waals surface area contributed by atoms with E-state index in [4.69, 9.17) is 21.7 Å². The van der Waals surface area contributed by atoms with Crippen molar-refractivity contribution in [1.29, 1.82) is 0 Å². The van der Waals surface area contributed by atoms with Crippen molar-refractivity contribution in [3.63, 3.8) is 0 Å². The molecule has 3 amide bonds. The number of thioether (sulfide) groups is 1. The van der Waals surface area contributed by atoms with Crippen molar-refractivity contribution in [2.45, 2.75) is 62.7 Å². The molecule has 0 aliphatic heterocycles. The van der Waals surface area contributed by atoms with Crippen LogP contribution in [0.1, 0.15) is 38.5 Å². The van der Waals surface area contributed by atoms with Crippen molar-refractivity contribution >= 4 is 54.1 Å². The van der Waals surface area contributed by atoms with Crippen LogP contribution < -0.4 is 27.4 Å². The van der Waals surface area contributed by atoms with E-state index in [-0.39, 0.29) is 31.4 Å². The van der Waals surface area contributed by atoms with Crippen molar-refractivity contribution in [2.24, 2.45) is 11.5 Å². The van der Waals surface area contributed by atoms with Gasteiger partial charge in [-0.15, -0.1) is 0 Å². The summed E-state index contributed by atoms with van der Waals surface area (Å²) in [5.74, 6) is -3.96. The van der Waals surface area contributed by atoms with Crippen LogP contribution in [0.25, 0.3) is 0 Å². The minimum absolute atomic E-state index is 0.0998. The van der Waals surface area contributed by atoms with Gasteiger partial charge in [0, 0.05) is 12.2 Å². The molecule has 33 heavy (non-hydrogen) atoms. The lowest BCUT2D eigenvalue weighted by molar-refractivity contribution is -0.141. The molecule has 0 aromatic carbocycles. The summed E-state index contributed by atoms with van der Waals surface area (Å²) in [6, 6.07) is -4.39. The van der Waals surface area contributed by atoms with Crippen LogP contribution in [-0.4, -0.2) is 88.3 Å². The van der Waals surface area contributed by atoms with Gasteiger partial charge in [-0.05, 0) is 50.7 Å².